The number of hydrogen-bond donors (Lipinski definition) is 8. The van der Waals surface area contributed by atoms with Crippen LogP contribution in [-0.4, -0.2) is 64.7 Å². The van der Waals surface area contributed by atoms with Crippen molar-refractivity contribution in [2.75, 3.05) is 0 Å². The van der Waals surface area contributed by atoms with E-state index >= 15 is 0 Å². The lowest BCUT2D eigenvalue weighted by molar-refractivity contribution is -0.131. The van der Waals surface area contributed by atoms with Crippen molar-refractivity contribution in [1.82, 2.24) is 0 Å². The molecule has 12 heteroatoms. The fourth-order valence-corrected chi connectivity index (χ4v) is 8.02. The van der Waals surface area contributed by atoms with E-state index in [1.54, 1.807) is 72.8 Å². The van der Waals surface area contributed by atoms with Crippen LogP contribution in [-0.2, 0) is 62.5 Å². The SMILES string of the molecule is C.C=CC(C)(C)c1cc(C#CC(=O)O)cc(C(C)(C)C)c1O.C=CC(C)(C)c1cc(C#CC(=O)O)cc(C(C)(C)C)c1O.C=CC(C)(C)c1cc(C#CC(=O)O)cc(C(C)(C)C)c1O.C=CC(C)(C)c1cc(C#CC(=O)O)cc(C(C)(C)C)c1O. The van der Waals surface area contributed by atoms with E-state index in [9.17, 15) is 39.6 Å². The van der Waals surface area contributed by atoms with Crippen molar-refractivity contribution in [3.8, 4) is 70.4 Å². The molecule has 0 amide bonds. The summed E-state index contributed by atoms with van der Waals surface area (Å²) in [5.74, 6) is 15.1. The van der Waals surface area contributed by atoms with Crippen LogP contribution in [0, 0.1) is 47.4 Å². The summed E-state index contributed by atoms with van der Waals surface area (Å²) in [6.45, 7) is 54.6. The summed E-state index contributed by atoms with van der Waals surface area (Å²) in [5.41, 5.74) is 5.15. The van der Waals surface area contributed by atoms with Crippen LogP contribution < -0.4 is 0 Å². The van der Waals surface area contributed by atoms with E-state index in [1.165, 1.54) is 0 Å². The maximum atomic E-state index is 10.6. The first-order valence-electron chi connectivity index (χ1n) is 27.0. The lowest BCUT2D eigenvalue weighted by Crippen LogP contribution is -2.18. The van der Waals surface area contributed by atoms with Gasteiger partial charge in [-0.1, -0.05) is 194 Å². The maximum Gasteiger partial charge on any atom is 0.382 e. The Morgan fingerprint density at radius 2 is 0.435 bits per heavy atom. The summed E-state index contributed by atoms with van der Waals surface area (Å²) in [5, 5.41) is 77.1. The Morgan fingerprint density at radius 1 is 0.306 bits per heavy atom. The number of carboxylic acid groups (broad SMARTS) is 4. The number of phenolic OH excluding ortho intramolecular Hbond substituents is 4. The van der Waals surface area contributed by atoms with Crippen molar-refractivity contribution in [2.24, 2.45) is 0 Å². The Bertz CT molecular complexity index is 3000. The van der Waals surface area contributed by atoms with Crippen molar-refractivity contribution in [3.05, 3.63) is 166 Å². The molecule has 4 aromatic carbocycles. The smallest absolute Gasteiger partial charge is 0.382 e. The first-order valence-corrected chi connectivity index (χ1v) is 27.0. The van der Waals surface area contributed by atoms with Gasteiger partial charge in [0.15, 0.2) is 0 Å². The second kappa shape index (κ2) is 29.1. The molecule has 12 nitrogen and oxygen atoms in total. The molecular weight excluding hydrogens is 1070 g/mol. The molecule has 0 radical (unpaired) electrons. The average Bonchev–Trinajstić information content (AvgIpc) is 3.36. The van der Waals surface area contributed by atoms with Gasteiger partial charge in [-0.05, 0) is 70.2 Å². The molecule has 0 saturated carbocycles. The molecule has 0 heterocycles. The Morgan fingerprint density at radius 3 is 0.541 bits per heavy atom. The van der Waals surface area contributed by atoms with Gasteiger partial charge in [0, 0.05) is 112 Å². The second-order valence-electron chi connectivity index (χ2n) is 26.6. The van der Waals surface area contributed by atoms with E-state index in [0.29, 0.717) is 44.5 Å². The lowest BCUT2D eigenvalue weighted by Gasteiger charge is -2.28. The van der Waals surface area contributed by atoms with Gasteiger partial charge in [-0.3, -0.25) is 0 Å². The standard InChI is InChI=1S/4C18H22O3.CH4/c4*1-7-18(5,6)14-11-12(8-9-15(19)20)10-13(16(14)21)17(2,3)4;/h4*7,10-11,21H,1H2,2-6H3,(H,19,20);1H4. The second-order valence-corrected chi connectivity index (χ2v) is 26.6. The molecule has 85 heavy (non-hydrogen) atoms. The number of carbonyl (C=O) groups is 4. The number of carboxylic acids is 4. The third-order valence-electron chi connectivity index (χ3n) is 13.7. The Labute approximate surface area is 507 Å². The molecule has 0 bridgehead atoms. The highest BCUT2D eigenvalue weighted by molar-refractivity contribution is 5.88. The predicted molar refractivity (Wildman–Crippen MR) is 345 cm³/mol. The summed E-state index contributed by atoms with van der Waals surface area (Å²) in [6.07, 6.45) is 7.01. The van der Waals surface area contributed by atoms with E-state index in [1.807, 2.05) is 138 Å². The van der Waals surface area contributed by atoms with Gasteiger partial charge in [0.25, 0.3) is 0 Å². The molecule has 8 N–H and O–H groups in total. The number of aromatic hydroxyl groups is 4. The fourth-order valence-electron chi connectivity index (χ4n) is 8.02. The van der Waals surface area contributed by atoms with Gasteiger partial charge in [0.2, 0.25) is 0 Å². The molecule has 0 aliphatic carbocycles. The normalized spacial score (nSPS) is 11.3. The molecular formula is C73H92O12. The Balaban J connectivity index is 0.00000110. The van der Waals surface area contributed by atoms with Crippen LogP contribution in [0.25, 0.3) is 0 Å². The third-order valence-corrected chi connectivity index (χ3v) is 13.7. The molecule has 0 spiro atoms. The molecule has 0 atom stereocenters. The molecule has 0 fully saturated rings. The molecule has 0 saturated heterocycles. The van der Waals surface area contributed by atoms with E-state index < -0.39 is 45.5 Å². The van der Waals surface area contributed by atoms with Crippen molar-refractivity contribution in [3.63, 3.8) is 0 Å². The Hall–Kier alpha value is -8.84. The molecule has 0 aliphatic heterocycles. The quantitative estimate of drug-likeness (QED) is 0.0609. The van der Waals surface area contributed by atoms with Crippen LogP contribution in [0.4, 0.5) is 0 Å². The van der Waals surface area contributed by atoms with Gasteiger partial charge in [0.1, 0.15) is 23.0 Å². The third kappa shape index (κ3) is 22.0. The zero-order valence-electron chi connectivity index (χ0n) is 53.0. The highest BCUT2D eigenvalue weighted by Crippen LogP contribution is 2.44. The van der Waals surface area contributed by atoms with Gasteiger partial charge in [-0.2, -0.15) is 0 Å². The highest BCUT2D eigenvalue weighted by Gasteiger charge is 2.31. The van der Waals surface area contributed by atoms with Crippen LogP contribution in [0.5, 0.6) is 23.0 Å². The van der Waals surface area contributed by atoms with Gasteiger partial charge >= 0.3 is 23.9 Å². The maximum absolute atomic E-state index is 10.6. The monoisotopic (exact) mass is 1160 g/mol. The highest BCUT2D eigenvalue weighted by atomic mass is 16.4. The number of allylic oxidation sites excluding steroid dienone is 4. The number of aliphatic carboxylic acids is 4. The summed E-state index contributed by atoms with van der Waals surface area (Å²) in [6, 6.07) is 13.9. The molecule has 0 aliphatic rings. The van der Waals surface area contributed by atoms with E-state index in [2.05, 4.69) is 73.7 Å². The van der Waals surface area contributed by atoms with Crippen LogP contribution in [0.1, 0.15) is 213 Å². The van der Waals surface area contributed by atoms with Crippen molar-refractivity contribution in [2.45, 2.75) is 189 Å². The zero-order valence-corrected chi connectivity index (χ0v) is 53.0. The number of benzene rings is 4. The van der Waals surface area contributed by atoms with Gasteiger partial charge in [-0.15, -0.1) is 26.3 Å². The number of phenols is 4. The first-order chi connectivity index (χ1) is 37.9. The zero-order chi connectivity index (χ0) is 65.7. The van der Waals surface area contributed by atoms with Gasteiger partial charge in [0.05, 0.1) is 0 Å². The summed E-state index contributed by atoms with van der Waals surface area (Å²) in [4.78, 5) is 42.5. The fraction of sp³-hybridized carbons (Fsp3) is 0.397. The Kier molecular flexibility index (Phi) is 26.1. The van der Waals surface area contributed by atoms with Crippen molar-refractivity contribution in [1.29, 1.82) is 0 Å². The average molecular weight is 1160 g/mol. The lowest BCUT2D eigenvalue weighted by atomic mass is 9.77. The largest absolute Gasteiger partial charge is 0.507 e. The van der Waals surface area contributed by atoms with Gasteiger partial charge < -0.3 is 40.9 Å². The van der Waals surface area contributed by atoms with Crippen LogP contribution in [0.2, 0.25) is 0 Å². The van der Waals surface area contributed by atoms with Crippen LogP contribution >= 0.6 is 0 Å². The summed E-state index contributed by atoms with van der Waals surface area (Å²) in [7, 11) is 0. The van der Waals surface area contributed by atoms with E-state index in [4.69, 9.17) is 20.4 Å². The predicted octanol–water partition coefficient (Wildman–Crippen LogP) is 15.0. The minimum atomic E-state index is -1.18. The van der Waals surface area contributed by atoms with Gasteiger partial charge in [-0.25, -0.2) is 19.2 Å². The first kappa shape index (κ1) is 76.2. The topological polar surface area (TPSA) is 230 Å². The molecule has 0 aromatic heterocycles. The molecule has 0 unspecified atom stereocenters. The summed E-state index contributed by atoms with van der Waals surface area (Å²) >= 11 is 0. The molecule has 4 aromatic rings. The summed E-state index contributed by atoms with van der Waals surface area (Å²) < 4.78 is 0. The number of rotatable bonds is 8. The number of hydrogen-bond acceptors (Lipinski definition) is 8. The van der Waals surface area contributed by atoms with Crippen molar-refractivity contribution >= 4 is 23.9 Å². The van der Waals surface area contributed by atoms with E-state index in [0.717, 1.165) is 22.3 Å². The van der Waals surface area contributed by atoms with Crippen LogP contribution in [0.15, 0.2) is 99.2 Å². The molecule has 4 rings (SSSR count). The van der Waals surface area contributed by atoms with Crippen LogP contribution in [0.3, 0.4) is 0 Å². The molecule has 456 valence electrons. The minimum absolute atomic E-state index is 0. The van der Waals surface area contributed by atoms with E-state index in [-0.39, 0.29) is 52.1 Å². The minimum Gasteiger partial charge on any atom is -0.507 e. The van der Waals surface area contributed by atoms with Crippen molar-refractivity contribution < 1.29 is 60.0 Å².